The minimum atomic E-state index is -0.523. The van der Waals surface area contributed by atoms with E-state index in [1.165, 1.54) is 0 Å². The van der Waals surface area contributed by atoms with Gasteiger partial charge in [0.2, 0.25) is 5.78 Å². The number of carbonyl (C=O) groups is 2. The van der Waals surface area contributed by atoms with Crippen LogP contribution in [-0.4, -0.2) is 41.6 Å². The van der Waals surface area contributed by atoms with Crippen molar-refractivity contribution < 1.29 is 19.1 Å². The van der Waals surface area contributed by atoms with Crippen molar-refractivity contribution in [2.45, 2.75) is 40.7 Å². The average Bonchev–Trinajstić information content (AvgIpc) is 3.00. The first-order valence-corrected chi connectivity index (χ1v) is 10.1. The number of aromatic nitrogens is 2. The molecule has 0 N–H and O–H groups in total. The lowest BCUT2D eigenvalue weighted by Gasteiger charge is -2.12. The van der Waals surface area contributed by atoms with Gasteiger partial charge in [-0.2, -0.15) is 0 Å². The fourth-order valence-electron chi connectivity index (χ4n) is 3.91. The molecule has 30 heavy (non-hydrogen) atoms. The summed E-state index contributed by atoms with van der Waals surface area (Å²) in [5.41, 5.74) is 5.13. The molecule has 0 amide bonds. The molecule has 0 aliphatic carbocycles. The van der Waals surface area contributed by atoms with E-state index in [-0.39, 0.29) is 12.4 Å². The van der Waals surface area contributed by atoms with Crippen molar-refractivity contribution in [1.82, 2.24) is 9.55 Å². The third-order valence-corrected chi connectivity index (χ3v) is 5.48. The zero-order valence-corrected chi connectivity index (χ0v) is 18.2. The second-order valence-corrected chi connectivity index (χ2v) is 7.50. The van der Waals surface area contributed by atoms with Crippen LogP contribution in [0.25, 0.3) is 10.9 Å². The molecule has 0 aliphatic rings. The van der Waals surface area contributed by atoms with E-state index in [4.69, 9.17) is 9.47 Å². The molecule has 0 radical (unpaired) electrons. The molecule has 0 aliphatic heterocycles. The number of aryl methyl sites for hydroxylation is 3. The minimum absolute atomic E-state index is 0.210. The zero-order chi connectivity index (χ0) is 21.8. The predicted molar refractivity (Wildman–Crippen MR) is 116 cm³/mol. The fraction of sp³-hybridized carbons (Fsp3) is 0.375. The first-order valence-electron chi connectivity index (χ1n) is 10.1. The maximum Gasteiger partial charge on any atom is 0.340 e. The molecule has 158 valence electrons. The number of benzene rings is 1. The van der Waals surface area contributed by atoms with Gasteiger partial charge in [-0.05, 0) is 51.8 Å². The van der Waals surface area contributed by atoms with Gasteiger partial charge in [0.25, 0.3) is 0 Å². The molecular weight excluding hydrogens is 380 g/mol. The van der Waals surface area contributed by atoms with Crippen LogP contribution >= 0.6 is 0 Å². The van der Waals surface area contributed by atoms with Crippen LogP contribution in [0, 0.1) is 27.7 Å². The number of Topliss-reactive ketones (excluding diaryl/α,β-unsaturated/α-hetero) is 1. The highest BCUT2D eigenvalue weighted by Crippen LogP contribution is 2.23. The van der Waals surface area contributed by atoms with Crippen LogP contribution in [0.4, 0.5) is 0 Å². The number of para-hydroxylation sites is 1. The lowest BCUT2D eigenvalue weighted by Crippen LogP contribution is -2.17. The standard InChI is InChI=1S/C24H28N2O4/c1-15-13-20(18(4)26(15)11-8-12-29-5)22(27)14-30-24(28)23-16(2)19-9-6-7-10-21(19)25-17(23)3/h6-7,9-10,13H,8,11-12,14H2,1-5H3. The maximum absolute atomic E-state index is 12.8. The zero-order valence-electron chi connectivity index (χ0n) is 18.2. The van der Waals surface area contributed by atoms with Crippen molar-refractivity contribution >= 4 is 22.7 Å². The molecule has 0 atom stereocenters. The molecule has 0 saturated carbocycles. The summed E-state index contributed by atoms with van der Waals surface area (Å²) in [5, 5.41) is 0.904. The second kappa shape index (κ2) is 9.22. The molecule has 0 unspecified atom stereocenters. The van der Waals surface area contributed by atoms with Gasteiger partial charge in [0.05, 0.1) is 16.8 Å². The summed E-state index contributed by atoms with van der Waals surface area (Å²) in [5.74, 6) is -0.732. The number of methoxy groups -OCH3 is 1. The van der Waals surface area contributed by atoms with Gasteiger partial charge < -0.3 is 14.0 Å². The number of hydrogen-bond donors (Lipinski definition) is 0. The first kappa shape index (κ1) is 21.7. The number of hydrogen-bond acceptors (Lipinski definition) is 5. The van der Waals surface area contributed by atoms with E-state index >= 15 is 0 Å². The van der Waals surface area contributed by atoms with Crippen LogP contribution in [-0.2, 0) is 16.0 Å². The number of ketones is 1. The Bertz CT molecular complexity index is 1100. The van der Waals surface area contributed by atoms with Crippen molar-refractivity contribution in [2.75, 3.05) is 20.3 Å². The van der Waals surface area contributed by atoms with E-state index in [1.807, 2.05) is 51.1 Å². The normalized spacial score (nSPS) is 11.1. The summed E-state index contributed by atoms with van der Waals surface area (Å²) in [6, 6.07) is 9.52. The Morgan fingerprint density at radius 3 is 2.57 bits per heavy atom. The Morgan fingerprint density at radius 1 is 1.10 bits per heavy atom. The van der Waals surface area contributed by atoms with Gasteiger partial charge in [0, 0.05) is 42.6 Å². The van der Waals surface area contributed by atoms with E-state index in [9.17, 15) is 9.59 Å². The number of rotatable bonds is 8. The molecule has 3 aromatic rings. The van der Waals surface area contributed by atoms with Crippen molar-refractivity contribution in [3.8, 4) is 0 Å². The minimum Gasteiger partial charge on any atom is -0.454 e. The monoisotopic (exact) mass is 408 g/mol. The number of nitrogens with zero attached hydrogens (tertiary/aromatic N) is 2. The molecule has 6 heteroatoms. The van der Waals surface area contributed by atoms with Crippen LogP contribution < -0.4 is 0 Å². The van der Waals surface area contributed by atoms with Crippen LogP contribution in [0.1, 0.15) is 49.8 Å². The predicted octanol–water partition coefficient (Wildman–Crippen LogP) is 4.35. The topological polar surface area (TPSA) is 70.4 Å². The van der Waals surface area contributed by atoms with E-state index < -0.39 is 5.97 Å². The van der Waals surface area contributed by atoms with Gasteiger partial charge in [-0.3, -0.25) is 9.78 Å². The van der Waals surface area contributed by atoms with E-state index in [1.54, 1.807) is 14.0 Å². The molecule has 0 bridgehead atoms. The van der Waals surface area contributed by atoms with Crippen molar-refractivity contribution in [1.29, 1.82) is 0 Å². The van der Waals surface area contributed by atoms with E-state index in [0.29, 0.717) is 23.4 Å². The van der Waals surface area contributed by atoms with Gasteiger partial charge >= 0.3 is 5.97 Å². The molecular formula is C24H28N2O4. The Kier molecular flexibility index (Phi) is 6.67. The van der Waals surface area contributed by atoms with Crippen molar-refractivity contribution in [3.63, 3.8) is 0 Å². The van der Waals surface area contributed by atoms with Gasteiger partial charge in [-0.15, -0.1) is 0 Å². The largest absolute Gasteiger partial charge is 0.454 e. The van der Waals surface area contributed by atoms with E-state index in [0.717, 1.165) is 40.8 Å². The summed E-state index contributed by atoms with van der Waals surface area (Å²) in [4.78, 5) is 30.0. The Labute approximate surface area is 176 Å². The number of pyridine rings is 1. The van der Waals surface area contributed by atoms with Crippen molar-refractivity contribution in [3.05, 3.63) is 64.1 Å². The molecule has 3 rings (SSSR count). The van der Waals surface area contributed by atoms with Crippen molar-refractivity contribution in [2.24, 2.45) is 0 Å². The number of fused-ring (bicyclic) bond motifs is 1. The van der Waals surface area contributed by atoms with Crippen LogP contribution in [0.15, 0.2) is 30.3 Å². The third-order valence-electron chi connectivity index (χ3n) is 5.48. The first-order chi connectivity index (χ1) is 14.3. The average molecular weight is 408 g/mol. The van der Waals surface area contributed by atoms with Gasteiger partial charge in [0.15, 0.2) is 6.61 Å². The molecule has 0 spiro atoms. The second-order valence-electron chi connectivity index (χ2n) is 7.50. The highest BCUT2D eigenvalue weighted by molar-refractivity contribution is 6.02. The number of ether oxygens (including phenoxy) is 2. The van der Waals surface area contributed by atoms with E-state index in [2.05, 4.69) is 9.55 Å². The SMILES string of the molecule is COCCCn1c(C)cc(C(=O)COC(=O)c2c(C)nc3ccccc3c2C)c1C. The Morgan fingerprint density at radius 2 is 1.83 bits per heavy atom. The molecule has 0 fully saturated rings. The molecule has 0 saturated heterocycles. The molecule has 6 nitrogen and oxygen atoms in total. The van der Waals surface area contributed by atoms with Crippen LogP contribution in [0.5, 0.6) is 0 Å². The molecule has 1 aromatic carbocycles. The highest BCUT2D eigenvalue weighted by atomic mass is 16.5. The summed E-state index contributed by atoms with van der Waals surface area (Å²) in [6.45, 7) is 8.68. The third kappa shape index (κ3) is 4.28. The lowest BCUT2D eigenvalue weighted by atomic mass is 10.0. The van der Waals surface area contributed by atoms with Crippen LogP contribution in [0.3, 0.4) is 0 Å². The summed E-state index contributed by atoms with van der Waals surface area (Å²) < 4.78 is 12.6. The van der Waals surface area contributed by atoms with Crippen LogP contribution in [0.2, 0.25) is 0 Å². The smallest absolute Gasteiger partial charge is 0.340 e. The van der Waals surface area contributed by atoms with Gasteiger partial charge in [-0.1, -0.05) is 18.2 Å². The summed E-state index contributed by atoms with van der Waals surface area (Å²) in [7, 11) is 1.67. The van der Waals surface area contributed by atoms with Gasteiger partial charge in [-0.25, -0.2) is 4.79 Å². The Balaban J connectivity index is 1.75. The Hall–Kier alpha value is -2.99. The maximum atomic E-state index is 12.8. The van der Waals surface area contributed by atoms with Gasteiger partial charge in [0.1, 0.15) is 0 Å². The molecule has 2 aromatic heterocycles. The number of esters is 1. The summed E-state index contributed by atoms with van der Waals surface area (Å²) >= 11 is 0. The fourth-order valence-corrected chi connectivity index (χ4v) is 3.91. The quantitative estimate of drug-likeness (QED) is 0.315. The lowest BCUT2D eigenvalue weighted by molar-refractivity contribution is 0.0472. The summed E-state index contributed by atoms with van der Waals surface area (Å²) in [6.07, 6.45) is 0.864. The highest BCUT2D eigenvalue weighted by Gasteiger charge is 2.21. The number of carbonyl (C=O) groups excluding carboxylic acids is 2. The molecule has 2 heterocycles.